The van der Waals surface area contributed by atoms with Gasteiger partial charge in [-0.1, -0.05) is 12.1 Å². The van der Waals surface area contributed by atoms with Crippen LogP contribution in [0, 0.1) is 6.92 Å². The van der Waals surface area contributed by atoms with Gasteiger partial charge in [-0.15, -0.1) is 0 Å². The van der Waals surface area contributed by atoms with Crippen molar-refractivity contribution in [2.75, 3.05) is 19.3 Å². The first kappa shape index (κ1) is 13.9. The highest BCUT2D eigenvalue weighted by molar-refractivity contribution is 5.99. The van der Waals surface area contributed by atoms with Gasteiger partial charge in [0.2, 0.25) is 0 Å². The van der Waals surface area contributed by atoms with Gasteiger partial charge in [-0.05, 0) is 45.4 Å². The molecule has 4 nitrogen and oxygen atoms in total. The van der Waals surface area contributed by atoms with E-state index >= 15 is 0 Å². The first-order chi connectivity index (χ1) is 8.99. The van der Waals surface area contributed by atoms with Gasteiger partial charge >= 0.3 is 0 Å². The van der Waals surface area contributed by atoms with E-state index in [0.29, 0.717) is 17.3 Å². The Bertz CT molecular complexity index is 472. The molecule has 2 rings (SSSR count). The van der Waals surface area contributed by atoms with Gasteiger partial charge in [0.1, 0.15) is 0 Å². The number of likely N-dealkylation sites (tertiary alicyclic amines) is 1. The van der Waals surface area contributed by atoms with Gasteiger partial charge in [0, 0.05) is 24.3 Å². The third-order valence-corrected chi connectivity index (χ3v) is 4.11. The summed E-state index contributed by atoms with van der Waals surface area (Å²) in [5.74, 6) is -0.0528. The SMILES string of the molecule is Cc1cccc(C(=O)NC2CCN(C)C(C)C2)c1N. The number of carbonyl (C=O) groups is 1. The zero-order valence-corrected chi connectivity index (χ0v) is 11.9. The summed E-state index contributed by atoms with van der Waals surface area (Å²) in [7, 11) is 2.13. The summed E-state index contributed by atoms with van der Waals surface area (Å²) in [6, 6.07) is 6.34. The van der Waals surface area contributed by atoms with Crippen molar-refractivity contribution in [3.05, 3.63) is 29.3 Å². The Morgan fingerprint density at radius 2 is 2.21 bits per heavy atom. The fourth-order valence-corrected chi connectivity index (χ4v) is 2.56. The van der Waals surface area contributed by atoms with Gasteiger partial charge in [-0.3, -0.25) is 4.79 Å². The molecular formula is C15H23N3O. The Hall–Kier alpha value is -1.55. The van der Waals surface area contributed by atoms with Crippen LogP contribution in [0.1, 0.15) is 35.7 Å². The van der Waals surface area contributed by atoms with E-state index < -0.39 is 0 Å². The van der Waals surface area contributed by atoms with E-state index in [-0.39, 0.29) is 11.9 Å². The van der Waals surface area contributed by atoms with E-state index in [1.165, 1.54) is 0 Å². The summed E-state index contributed by atoms with van der Waals surface area (Å²) >= 11 is 0. The molecule has 0 saturated carbocycles. The molecule has 1 heterocycles. The number of piperidine rings is 1. The second kappa shape index (κ2) is 5.61. The number of rotatable bonds is 2. The highest BCUT2D eigenvalue weighted by Gasteiger charge is 2.24. The molecule has 104 valence electrons. The van der Waals surface area contributed by atoms with Crippen molar-refractivity contribution in [1.29, 1.82) is 0 Å². The van der Waals surface area contributed by atoms with Gasteiger partial charge < -0.3 is 16.0 Å². The molecule has 0 radical (unpaired) electrons. The van der Waals surface area contributed by atoms with E-state index in [4.69, 9.17) is 5.73 Å². The average molecular weight is 261 g/mol. The molecule has 1 aliphatic rings. The minimum absolute atomic E-state index is 0.0528. The lowest BCUT2D eigenvalue weighted by Crippen LogP contribution is -2.47. The fourth-order valence-electron chi connectivity index (χ4n) is 2.56. The van der Waals surface area contributed by atoms with E-state index in [9.17, 15) is 4.79 Å². The van der Waals surface area contributed by atoms with Gasteiger partial charge in [0.25, 0.3) is 5.91 Å². The Morgan fingerprint density at radius 3 is 2.89 bits per heavy atom. The predicted molar refractivity (Wildman–Crippen MR) is 78.2 cm³/mol. The molecule has 1 amide bonds. The molecule has 19 heavy (non-hydrogen) atoms. The number of aryl methyl sites for hydroxylation is 1. The van der Waals surface area contributed by atoms with Gasteiger partial charge in [0.15, 0.2) is 0 Å². The van der Waals surface area contributed by atoms with E-state index in [2.05, 4.69) is 24.2 Å². The highest BCUT2D eigenvalue weighted by atomic mass is 16.1. The molecule has 0 bridgehead atoms. The number of benzene rings is 1. The van der Waals surface area contributed by atoms with Crippen molar-refractivity contribution >= 4 is 11.6 Å². The molecule has 2 unspecified atom stereocenters. The van der Waals surface area contributed by atoms with Crippen LogP contribution in [-0.4, -0.2) is 36.5 Å². The molecule has 1 fully saturated rings. The molecule has 0 spiro atoms. The predicted octanol–water partition coefficient (Wildman–Crippen LogP) is 1.79. The molecule has 0 aromatic heterocycles. The zero-order chi connectivity index (χ0) is 14.0. The van der Waals surface area contributed by atoms with Crippen LogP contribution >= 0.6 is 0 Å². The van der Waals surface area contributed by atoms with Crippen LogP contribution in [0.2, 0.25) is 0 Å². The van der Waals surface area contributed by atoms with Crippen LogP contribution in [-0.2, 0) is 0 Å². The van der Waals surface area contributed by atoms with Crippen LogP contribution in [0.4, 0.5) is 5.69 Å². The van der Waals surface area contributed by atoms with Crippen LogP contribution in [0.5, 0.6) is 0 Å². The smallest absolute Gasteiger partial charge is 0.253 e. The number of anilines is 1. The van der Waals surface area contributed by atoms with Crippen molar-refractivity contribution < 1.29 is 4.79 Å². The second-order valence-corrected chi connectivity index (χ2v) is 5.56. The monoisotopic (exact) mass is 261 g/mol. The summed E-state index contributed by atoms with van der Waals surface area (Å²) in [6.07, 6.45) is 1.99. The maximum absolute atomic E-state index is 12.3. The summed E-state index contributed by atoms with van der Waals surface area (Å²) < 4.78 is 0. The molecule has 3 N–H and O–H groups in total. The topological polar surface area (TPSA) is 58.4 Å². The Morgan fingerprint density at radius 1 is 1.47 bits per heavy atom. The number of nitrogens with two attached hydrogens (primary N) is 1. The lowest BCUT2D eigenvalue weighted by atomic mass is 9.98. The van der Waals surface area contributed by atoms with Crippen LogP contribution in [0.25, 0.3) is 0 Å². The Labute approximate surface area is 115 Å². The van der Waals surface area contributed by atoms with E-state index in [1.807, 2.05) is 19.1 Å². The maximum atomic E-state index is 12.3. The third kappa shape index (κ3) is 3.07. The minimum atomic E-state index is -0.0528. The van der Waals surface area contributed by atoms with E-state index in [1.54, 1.807) is 6.07 Å². The van der Waals surface area contributed by atoms with Crippen LogP contribution in [0.15, 0.2) is 18.2 Å². The quantitative estimate of drug-likeness (QED) is 0.798. The normalized spacial score (nSPS) is 24.2. The highest BCUT2D eigenvalue weighted by Crippen LogP contribution is 2.19. The van der Waals surface area contributed by atoms with Gasteiger partial charge in [0.05, 0.1) is 5.56 Å². The number of carbonyl (C=O) groups excluding carboxylic acids is 1. The summed E-state index contributed by atoms with van der Waals surface area (Å²) in [5.41, 5.74) is 8.09. The van der Waals surface area contributed by atoms with Crippen molar-refractivity contribution in [2.45, 2.75) is 38.8 Å². The first-order valence-corrected chi connectivity index (χ1v) is 6.85. The minimum Gasteiger partial charge on any atom is -0.398 e. The first-order valence-electron chi connectivity index (χ1n) is 6.85. The van der Waals surface area contributed by atoms with Crippen molar-refractivity contribution in [3.8, 4) is 0 Å². The fraction of sp³-hybridized carbons (Fsp3) is 0.533. The molecule has 1 aromatic rings. The number of nitrogen functional groups attached to an aromatic ring is 1. The lowest BCUT2D eigenvalue weighted by molar-refractivity contribution is 0.0897. The summed E-state index contributed by atoms with van der Waals surface area (Å²) in [6.45, 7) is 5.14. The lowest BCUT2D eigenvalue weighted by Gasteiger charge is -2.35. The van der Waals surface area contributed by atoms with Crippen LogP contribution < -0.4 is 11.1 Å². The number of nitrogens with one attached hydrogen (secondary N) is 1. The largest absolute Gasteiger partial charge is 0.398 e. The van der Waals surface area contributed by atoms with Crippen LogP contribution in [0.3, 0.4) is 0 Å². The molecule has 1 aromatic carbocycles. The van der Waals surface area contributed by atoms with Gasteiger partial charge in [-0.2, -0.15) is 0 Å². The number of nitrogens with zero attached hydrogens (tertiary/aromatic N) is 1. The van der Waals surface area contributed by atoms with Crippen molar-refractivity contribution in [3.63, 3.8) is 0 Å². The molecule has 1 aliphatic heterocycles. The van der Waals surface area contributed by atoms with Crippen molar-refractivity contribution in [1.82, 2.24) is 10.2 Å². The number of hydrogen-bond acceptors (Lipinski definition) is 3. The number of amides is 1. The van der Waals surface area contributed by atoms with Crippen molar-refractivity contribution in [2.24, 2.45) is 0 Å². The second-order valence-electron chi connectivity index (χ2n) is 5.56. The average Bonchev–Trinajstić information content (AvgIpc) is 2.37. The number of para-hydroxylation sites is 1. The Kier molecular flexibility index (Phi) is 4.10. The summed E-state index contributed by atoms with van der Waals surface area (Å²) in [5, 5.41) is 3.11. The molecule has 4 heteroatoms. The van der Waals surface area contributed by atoms with Gasteiger partial charge in [-0.25, -0.2) is 0 Å². The molecule has 1 saturated heterocycles. The standard InChI is InChI=1S/C15H23N3O/c1-10-5-4-6-13(14(10)16)15(19)17-12-7-8-18(3)11(2)9-12/h4-6,11-12H,7-9,16H2,1-3H3,(H,17,19). The summed E-state index contributed by atoms with van der Waals surface area (Å²) in [4.78, 5) is 14.6. The van der Waals surface area contributed by atoms with E-state index in [0.717, 1.165) is 24.9 Å². The molecule has 0 aliphatic carbocycles. The Balaban J connectivity index is 2.03. The zero-order valence-electron chi connectivity index (χ0n) is 11.9. The third-order valence-electron chi connectivity index (χ3n) is 4.11. The maximum Gasteiger partial charge on any atom is 0.253 e. The molecule has 2 atom stereocenters. The number of hydrogen-bond donors (Lipinski definition) is 2. The molecular weight excluding hydrogens is 238 g/mol.